The fourth-order valence-electron chi connectivity index (χ4n) is 11.5. The average molecular weight is 1140 g/mol. The van der Waals surface area contributed by atoms with Crippen LogP contribution in [-0.4, -0.2) is 178 Å². The van der Waals surface area contributed by atoms with E-state index in [1.165, 1.54) is 26.7 Å². The number of esters is 1. The fraction of sp³-hybridized carbons (Fsp3) is 0.561. The largest absolute Gasteiger partial charge is 0.467 e. The molecule has 11 N–H and O–H groups in total. The van der Waals surface area contributed by atoms with E-state index in [0.717, 1.165) is 22.0 Å². The Bertz CT molecular complexity index is 2810. The van der Waals surface area contributed by atoms with Crippen molar-refractivity contribution in [2.75, 3.05) is 39.8 Å². The van der Waals surface area contributed by atoms with E-state index in [0.29, 0.717) is 51.5 Å². The van der Waals surface area contributed by atoms with Gasteiger partial charge in [-0.1, -0.05) is 68.8 Å². The number of rotatable bonds is 25. The van der Waals surface area contributed by atoms with Gasteiger partial charge in [-0.05, 0) is 93.7 Å². The van der Waals surface area contributed by atoms with Gasteiger partial charge in [-0.3, -0.25) is 43.8 Å². The second-order valence-corrected chi connectivity index (χ2v) is 21.6. The van der Waals surface area contributed by atoms with Gasteiger partial charge in [0.15, 0.2) is 5.96 Å². The Morgan fingerprint density at radius 1 is 0.683 bits per heavy atom. The summed E-state index contributed by atoms with van der Waals surface area (Å²) in [6, 6.07) is 7.74. The van der Waals surface area contributed by atoms with Crippen molar-refractivity contribution in [3.63, 3.8) is 0 Å². The topological polar surface area (TPSA) is 354 Å². The number of nitrogens with two attached hydrogens (primary N) is 2. The molecule has 3 aromatic rings. The van der Waals surface area contributed by atoms with Crippen LogP contribution in [0.1, 0.15) is 108 Å². The van der Waals surface area contributed by atoms with Crippen LogP contribution < -0.4 is 38.1 Å². The van der Waals surface area contributed by atoms with Crippen LogP contribution in [0.5, 0.6) is 0 Å². The number of primary amides is 1. The molecule has 9 atom stereocenters. The smallest absolute Gasteiger partial charge is 0.408 e. The molecule has 9 amide bonds. The Balaban J connectivity index is 1.05. The highest BCUT2D eigenvalue weighted by Gasteiger charge is 2.46. The summed E-state index contributed by atoms with van der Waals surface area (Å²) in [5.41, 5.74) is 13.4. The molecule has 0 spiro atoms. The normalized spacial score (nSPS) is 20.5. The first kappa shape index (κ1) is 61.4. The monoisotopic (exact) mass is 1140 g/mol. The molecule has 25 nitrogen and oxygen atoms in total. The lowest BCUT2D eigenvalue weighted by molar-refractivity contribution is -0.154. The number of benzene rings is 2. The standard InChI is InChI=1S/C57H79N13O12/c1-4-34(2)47(54(78)69-29-13-22-44(69)53(77)70-30-14-23-45(70)55(79)81-3)66-48(72)39(24-25-46(58)71)63-49(73)42-20-11-27-67(42)51(75)40(19-10-26-61-56(59)60)64-50(74)43-21-12-28-68(43)52(76)41(31-36-32-62-38-18-9-8-17-37(36)38)65-57(80)82-33-35-15-6-5-7-16-35/h5-9,15-18,32,34,39-45,47,62H,4,10-14,19-31,33H2,1-3H3,(H2,58,71)(H,63,73)(H,64,74)(H,65,80)(H,66,72)(H4,59,60,61). The van der Waals surface area contributed by atoms with Crippen molar-refractivity contribution in [1.29, 1.82) is 5.41 Å². The molecule has 5 heterocycles. The molecular weight excluding hydrogens is 1060 g/mol. The second-order valence-electron chi connectivity index (χ2n) is 21.6. The van der Waals surface area contributed by atoms with Gasteiger partial charge in [0, 0.05) is 62.7 Å². The number of ether oxygens (including phenoxy) is 2. The van der Waals surface area contributed by atoms with Crippen molar-refractivity contribution in [3.8, 4) is 0 Å². The third kappa shape index (κ3) is 15.4. The molecule has 2 aromatic carbocycles. The summed E-state index contributed by atoms with van der Waals surface area (Å²) >= 11 is 0. The molecular formula is C57H79N13O12. The molecule has 82 heavy (non-hydrogen) atoms. The number of likely N-dealkylation sites (tertiary alicyclic amines) is 4. The number of nitrogens with zero attached hydrogens (tertiary/aromatic N) is 4. The minimum Gasteiger partial charge on any atom is -0.467 e. The van der Waals surface area contributed by atoms with Crippen molar-refractivity contribution in [2.24, 2.45) is 17.4 Å². The number of para-hydroxylation sites is 1. The van der Waals surface area contributed by atoms with Crippen LogP contribution in [-0.2, 0) is 65.7 Å². The van der Waals surface area contributed by atoms with Gasteiger partial charge in [0.2, 0.25) is 47.3 Å². The molecule has 0 saturated carbocycles. The first-order valence-electron chi connectivity index (χ1n) is 28.5. The van der Waals surface area contributed by atoms with Crippen LogP contribution in [0.2, 0.25) is 0 Å². The van der Waals surface area contributed by atoms with E-state index < -0.39 is 108 Å². The Kier molecular flexibility index (Phi) is 21.7. The van der Waals surface area contributed by atoms with Gasteiger partial charge in [-0.2, -0.15) is 0 Å². The molecule has 4 fully saturated rings. The predicted molar refractivity (Wildman–Crippen MR) is 299 cm³/mol. The predicted octanol–water partition coefficient (Wildman–Crippen LogP) is 1.17. The van der Waals surface area contributed by atoms with E-state index in [-0.39, 0.29) is 89.6 Å². The first-order chi connectivity index (χ1) is 39.4. The first-order valence-corrected chi connectivity index (χ1v) is 28.5. The molecule has 0 bridgehead atoms. The summed E-state index contributed by atoms with van der Waals surface area (Å²) in [7, 11) is 1.26. The van der Waals surface area contributed by atoms with Gasteiger partial charge in [0.1, 0.15) is 54.9 Å². The van der Waals surface area contributed by atoms with Gasteiger partial charge < -0.3 is 72.1 Å². The quantitative estimate of drug-likeness (QED) is 0.0249. The number of guanidine groups is 1. The third-order valence-corrected chi connectivity index (χ3v) is 16.1. The van der Waals surface area contributed by atoms with Gasteiger partial charge >= 0.3 is 12.1 Å². The highest BCUT2D eigenvalue weighted by atomic mass is 16.5. The molecule has 0 radical (unpaired) electrons. The van der Waals surface area contributed by atoms with Gasteiger partial charge in [0.25, 0.3) is 0 Å². The van der Waals surface area contributed by atoms with Gasteiger partial charge in [-0.25, -0.2) is 9.59 Å². The highest BCUT2D eigenvalue weighted by molar-refractivity contribution is 5.99. The summed E-state index contributed by atoms with van der Waals surface area (Å²) in [4.78, 5) is 148. The lowest BCUT2D eigenvalue weighted by Gasteiger charge is -2.34. The molecule has 7 rings (SSSR count). The van der Waals surface area contributed by atoms with E-state index in [2.05, 4.69) is 31.6 Å². The Hall–Kier alpha value is -8.25. The van der Waals surface area contributed by atoms with Crippen molar-refractivity contribution < 1.29 is 57.4 Å². The lowest BCUT2D eigenvalue weighted by Crippen LogP contribution is -2.60. The van der Waals surface area contributed by atoms with Crippen LogP contribution >= 0.6 is 0 Å². The number of fused-ring (bicyclic) bond motifs is 1. The van der Waals surface area contributed by atoms with Gasteiger partial charge in [-0.15, -0.1) is 0 Å². The molecule has 9 unspecified atom stereocenters. The third-order valence-electron chi connectivity index (χ3n) is 16.1. The fourth-order valence-corrected chi connectivity index (χ4v) is 11.5. The van der Waals surface area contributed by atoms with Crippen LogP contribution in [0.25, 0.3) is 10.9 Å². The van der Waals surface area contributed by atoms with Crippen molar-refractivity contribution in [2.45, 2.75) is 159 Å². The van der Waals surface area contributed by atoms with Crippen LogP contribution in [0.4, 0.5) is 4.79 Å². The van der Waals surface area contributed by atoms with Crippen molar-refractivity contribution in [3.05, 3.63) is 71.9 Å². The van der Waals surface area contributed by atoms with E-state index in [1.54, 1.807) is 25.3 Å². The molecule has 444 valence electrons. The number of amides is 9. The Labute approximate surface area is 476 Å². The highest BCUT2D eigenvalue weighted by Crippen LogP contribution is 2.29. The number of nitrogens with one attached hydrogen (secondary N) is 7. The zero-order chi connectivity index (χ0) is 59.0. The minimum absolute atomic E-state index is 0.0242. The number of carbonyl (C=O) groups is 10. The molecule has 4 aliphatic heterocycles. The van der Waals surface area contributed by atoms with Gasteiger partial charge in [0.05, 0.1) is 7.11 Å². The number of methoxy groups -OCH3 is 1. The van der Waals surface area contributed by atoms with Crippen molar-refractivity contribution >= 4 is 76.2 Å². The molecule has 4 aliphatic rings. The summed E-state index contributed by atoms with van der Waals surface area (Å²) in [5, 5.41) is 22.4. The number of alkyl carbamates (subject to hydrolysis) is 1. The SMILES string of the molecule is CCC(C)C(NC(=O)C(CCC(N)=O)NC(=O)C1CCCN1C(=O)C(CCCNC(=N)N)NC(=O)C1CCCN1C(=O)C(Cc1c[nH]c2ccccc12)NC(=O)OCc1ccccc1)C(=O)N1CCCC1C(=O)N1CCCC1C(=O)OC. The number of aromatic amines is 1. The lowest BCUT2D eigenvalue weighted by atomic mass is 9.96. The summed E-state index contributed by atoms with van der Waals surface area (Å²) in [5.74, 6) is -6.27. The number of hydrogen-bond donors (Lipinski definition) is 9. The number of carbonyl (C=O) groups excluding carboxylic acids is 10. The summed E-state index contributed by atoms with van der Waals surface area (Å²) in [6.45, 7) is 4.54. The Morgan fingerprint density at radius 2 is 1.26 bits per heavy atom. The molecule has 1 aromatic heterocycles. The number of aromatic nitrogens is 1. The summed E-state index contributed by atoms with van der Waals surface area (Å²) < 4.78 is 10.5. The molecule has 25 heteroatoms. The molecule has 4 saturated heterocycles. The van der Waals surface area contributed by atoms with E-state index in [4.69, 9.17) is 26.4 Å². The van der Waals surface area contributed by atoms with Crippen molar-refractivity contribution in [1.82, 2.24) is 51.2 Å². The van der Waals surface area contributed by atoms with Crippen LogP contribution in [0.3, 0.4) is 0 Å². The molecule has 0 aliphatic carbocycles. The summed E-state index contributed by atoms with van der Waals surface area (Å²) in [6.07, 6.45) is 4.20. The van der Waals surface area contributed by atoms with Crippen LogP contribution in [0.15, 0.2) is 60.8 Å². The number of hydrogen-bond acceptors (Lipinski definition) is 13. The van der Waals surface area contributed by atoms with E-state index >= 15 is 0 Å². The Morgan fingerprint density at radius 3 is 1.88 bits per heavy atom. The second kappa shape index (κ2) is 28.9. The maximum Gasteiger partial charge on any atom is 0.408 e. The zero-order valence-electron chi connectivity index (χ0n) is 47.0. The van der Waals surface area contributed by atoms with E-state index in [9.17, 15) is 47.9 Å². The minimum atomic E-state index is -1.41. The van der Waals surface area contributed by atoms with E-state index in [1.807, 2.05) is 49.4 Å². The average Bonchev–Trinajstić information content (AvgIpc) is 4.50. The maximum absolute atomic E-state index is 14.8. The van der Waals surface area contributed by atoms with Crippen LogP contribution in [0, 0.1) is 11.3 Å². The maximum atomic E-state index is 14.8. The number of H-pyrrole nitrogens is 1. The zero-order valence-corrected chi connectivity index (χ0v) is 47.0.